The van der Waals surface area contributed by atoms with Crippen molar-refractivity contribution in [3.05, 3.63) is 50.9 Å². The quantitative estimate of drug-likeness (QED) is 0.586. The van der Waals surface area contributed by atoms with Crippen LogP contribution in [0, 0.1) is 0 Å². The van der Waals surface area contributed by atoms with E-state index >= 15 is 0 Å². The number of anilines is 2. The summed E-state index contributed by atoms with van der Waals surface area (Å²) in [4.78, 5) is 4.51. The van der Waals surface area contributed by atoms with E-state index in [4.69, 9.17) is 23.2 Å². The number of nitrogens with zero attached hydrogens (tertiary/aromatic N) is 1. The second-order valence-electron chi connectivity index (χ2n) is 3.88. The highest BCUT2D eigenvalue weighted by Crippen LogP contribution is 2.33. The molecule has 0 fully saturated rings. The second kappa shape index (κ2) is 5.29. The summed E-state index contributed by atoms with van der Waals surface area (Å²) in [7, 11) is 0. The molecule has 0 saturated heterocycles. The van der Waals surface area contributed by atoms with Gasteiger partial charge in [-0.3, -0.25) is 0 Å². The van der Waals surface area contributed by atoms with Gasteiger partial charge >= 0.3 is 0 Å². The van der Waals surface area contributed by atoms with Crippen LogP contribution in [0.15, 0.2) is 40.9 Å². The van der Waals surface area contributed by atoms with Crippen molar-refractivity contribution in [2.45, 2.75) is 0 Å². The molecule has 0 saturated carbocycles. The van der Waals surface area contributed by atoms with E-state index < -0.39 is 0 Å². The summed E-state index contributed by atoms with van der Waals surface area (Å²) >= 11 is 16.9. The Hall–Kier alpha value is -0.810. The summed E-state index contributed by atoms with van der Waals surface area (Å²) in [5, 5.41) is 5.49. The minimum absolute atomic E-state index is 0.688. The zero-order chi connectivity index (χ0) is 13.4. The number of hydrogen-bond donors (Lipinski definition) is 1. The molecule has 96 valence electrons. The Kier molecular flexibility index (Phi) is 3.67. The predicted molar refractivity (Wildman–Crippen MR) is 87.1 cm³/mol. The molecule has 3 rings (SSSR count). The molecule has 19 heavy (non-hydrogen) atoms. The lowest BCUT2D eigenvalue weighted by Gasteiger charge is -2.05. The summed E-state index contributed by atoms with van der Waals surface area (Å²) in [6.07, 6.45) is 0. The number of thiazole rings is 1. The number of rotatable bonds is 2. The maximum absolute atomic E-state index is 5.97. The first-order valence-electron chi connectivity index (χ1n) is 5.40. The summed E-state index contributed by atoms with van der Waals surface area (Å²) < 4.78 is 1.96. The van der Waals surface area contributed by atoms with Crippen LogP contribution >= 0.6 is 50.5 Å². The van der Waals surface area contributed by atoms with Gasteiger partial charge in [0, 0.05) is 14.5 Å². The molecule has 0 radical (unpaired) electrons. The molecule has 0 aliphatic carbocycles. The van der Waals surface area contributed by atoms with E-state index in [9.17, 15) is 0 Å². The van der Waals surface area contributed by atoms with Gasteiger partial charge in [-0.1, -0.05) is 34.5 Å². The third-order valence-corrected chi connectivity index (χ3v) is 4.58. The molecule has 6 heteroatoms. The Balaban J connectivity index is 1.96. The molecule has 1 heterocycles. The first kappa shape index (κ1) is 13.2. The van der Waals surface area contributed by atoms with Gasteiger partial charge in [-0.2, -0.15) is 0 Å². The van der Waals surface area contributed by atoms with Crippen LogP contribution in [0.5, 0.6) is 0 Å². The van der Waals surface area contributed by atoms with E-state index in [0.717, 1.165) is 30.5 Å². The Morgan fingerprint density at radius 2 is 1.79 bits per heavy atom. The van der Waals surface area contributed by atoms with E-state index in [1.807, 2.05) is 36.4 Å². The Morgan fingerprint density at radius 3 is 2.58 bits per heavy atom. The number of halogens is 3. The topological polar surface area (TPSA) is 24.9 Å². The average molecular weight is 374 g/mol. The monoisotopic (exact) mass is 372 g/mol. The molecular weight excluding hydrogens is 367 g/mol. The normalized spacial score (nSPS) is 10.9. The van der Waals surface area contributed by atoms with E-state index in [-0.39, 0.29) is 0 Å². The molecular formula is C13H7BrCl2N2S. The van der Waals surface area contributed by atoms with Crippen LogP contribution in [-0.4, -0.2) is 4.98 Å². The third kappa shape index (κ3) is 2.87. The van der Waals surface area contributed by atoms with Crippen molar-refractivity contribution in [1.29, 1.82) is 0 Å². The van der Waals surface area contributed by atoms with E-state index in [1.54, 1.807) is 11.3 Å². The molecule has 0 aliphatic rings. The van der Waals surface area contributed by atoms with Gasteiger partial charge in [-0.15, -0.1) is 0 Å². The number of aromatic nitrogens is 1. The highest BCUT2D eigenvalue weighted by atomic mass is 79.9. The molecule has 2 aromatic carbocycles. The first-order valence-corrected chi connectivity index (χ1v) is 7.76. The van der Waals surface area contributed by atoms with Gasteiger partial charge in [0.2, 0.25) is 0 Å². The fraction of sp³-hybridized carbons (Fsp3) is 0. The van der Waals surface area contributed by atoms with Crippen molar-refractivity contribution in [2.24, 2.45) is 0 Å². The van der Waals surface area contributed by atoms with Crippen LogP contribution in [0.1, 0.15) is 0 Å². The SMILES string of the molecule is Clc1ccc(Nc2nc3ccc(Cl)cc3s2)c(Br)c1. The van der Waals surface area contributed by atoms with Crippen molar-refractivity contribution in [2.75, 3.05) is 5.32 Å². The molecule has 1 aromatic heterocycles. The predicted octanol–water partition coefficient (Wildman–Crippen LogP) is 6.11. The lowest BCUT2D eigenvalue weighted by Crippen LogP contribution is -1.89. The number of fused-ring (bicyclic) bond motifs is 1. The van der Waals surface area contributed by atoms with Crippen LogP contribution < -0.4 is 5.32 Å². The number of hydrogen-bond acceptors (Lipinski definition) is 3. The number of benzene rings is 2. The highest BCUT2D eigenvalue weighted by Gasteiger charge is 2.07. The van der Waals surface area contributed by atoms with Crippen LogP contribution in [-0.2, 0) is 0 Å². The maximum Gasteiger partial charge on any atom is 0.188 e. The first-order chi connectivity index (χ1) is 9.11. The molecule has 0 bridgehead atoms. The largest absolute Gasteiger partial charge is 0.331 e. The third-order valence-electron chi connectivity index (χ3n) is 2.52. The van der Waals surface area contributed by atoms with Crippen LogP contribution in [0.3, 0.4) is 0 Å². The van der Waals surface area contributed by atoms with E-state index in [0.29, 0.717) is 5.02 Å². The summed E-state index contributed by atoms with van der Waals surface area (Å²) in [5.41, 5.74) is 1.86. The van der Waals surface area contributed by atoms with Gasteiger partial charge < -0.3 is 5.32 Å². The fourth-order valence-electron chi connectivity index (χ4n) is 1.66. The molecule has 3 aromatic rings. The molecule has 1 N–H and O–H groups in total. The molecule has 0 aliphatic heterocycles. The Bertz CT molecular complexity index is 757. The fourth-order valence-corrected chi connectivity index (χ4v) is 3.59. The van der Waals surface area contributed by atoms with Crippen molar-refractivity contribution in [3.8, 4) is 0 Å². The lowest BCUT2D eigenvalue weighted by atomic mass is 10.3. The van der Waals surface area contributed by atoms with Gasteiger partial charge in [-0.05, 0) is 52.3 Å². The molecule has 0 atom stereocenters. The van der Waals surface area contributed by atoms with Crippen molar-refractivity contribution < 1.29 is 0 Å². The molecule has 2 nitrogen and oxygen atoms in total. The second-order valence-corrected chi connectivity index (χ2v) is 6.64. The minimum Gasteiger partial charge on any atom is -0.331 e. The lowest BCUT2D eigenvalue weighted by molar-refractivity contribution is 1.43. The summed E-state index contributed by atoms with van der Waals surface area (Å²) in [6.45, 7) is 0. The van der Waals surface area contributed by atoms with E-state index in [2.05, 4.69) is 26.2 Å². The van der Waals surface area contributed by atoms with Crippen molar-refractivity contribution in [3.63, 3.8) is 0 Å². The average Bonchev–Trinajstić information content (AvgIpc) is 2.74. The highest BCUT2D eigenvalue weighted by molar-refractivity contribution is 9.10. The van der Waals surface area contributed by atoms with Gasteiger partial charge in [0.15, 0.2) is 5.13 Å². The minimum atomic E-state index is 0.688. The molecule has 0 amide bonds. The Labute approximate surface area is 132 Å². The van der Waals surface area contributed by atoms with Gasteiger partial charge in [0.05, 0.1) is 15.9 Å². The van der Waals surface area contributed by atoms with Crippen LogP contribution in [0.2, 0.25) is 10.0 Å². The molecule has 0 spiro atoms. The van der Waals surface area contributed by atoms with Gasteiger partial charge in [-0.25, -0.2) is 4.98 Å². The van der Waals surface area contributed by atoms with Crippen LogP contribution in [0.25, 0.3) is 10.2 Å². The van der Waals surface area contributed by atoms with Crippen molar-refractivity contribution in [1.82, 2.24) is 4.98 Å². The van der Waals surface area contributed by atoms with Crippen LogP contribution in [0.4, 0.5) is 10.8 Å². The maximum atomic E-state index is 5.97. The van der Waals surface area contributed by atoms with E-state index in [1.165, 1.54) is 0 Å². The standard InChI is InChI=1S/C13H7BrCl2N2S/c14-9-5-7(15)1-3-10(9)17-13-18-11-4-2-8(16)6-12(11)19-13/h1-6H,(H,17,18). The van der Waals surface area contributed by atoms with Crippen molar-refractivity contribution >= 4 is 71.5 Å². The zero-order valence-electron chi connectivity index (χ0n) is 9.45. The molecule has 0 unspecified atom stereocenters. The Morgan fingerprint density at radius 1 is 1.05 bits per heavy atom. The smallest absolute Gasteiger partial charge is 0.188 e. The van der Waals surface area contributed by atoms with Gasteiger partial charge in [0.1, 0.15) is 0 Å². The zero-order valence-corrected chi connectivity index (χ0v) is 13.4. The number of nitrogens with one attached hydrogen (secondary N) is 1. The summed E-state index contributed by atoms with van der Waals surface area (Å²) in [6, 6.07) is 11.2. The van der Waals surface area contributed by atoms with Gasteiger partial charge in [0.25, 0.3) is 0 Å². The summed E-state index contributed by atoms with van der Waals surface area (Å²) in [5.74, 6) is 0.